The van der Waals surface area contributed by atoms with Gasteiger partial charge in [-0.2, -0.15) is 0 Å². The molecule has 0 spiro atoms. The van der Waals surface area contributed by atoms with Crippen LogP contribution < -0.4 is 10.0 Å². The first-order chi connectivity index (χ1) is 7.21. The van der Waals surface area contributed by atoms with E-state index in [2.05, 4.69) is 0 Å². The van der Waals surface area contributed by atoms with E-state index >= 15 is 0 Å². The van der Waals surface area contributed by atoms with Crippen LogP contribution in [0.15, 0.2) is 29.2 Å². The summed E-state index contributed by atoms with van der Waals surface area (Å²) in [4.78, 5) is 18.4. The van der Waals surface area contributed by atoms with E-state index in [0.29, 0.717) is 0 Å². The summed E-state index contributed by atoms with van der Waals surface area (Å²) in [6.07, 6.45) is 0. The molecule has 0 saturated carbocycles. The molecule has 0 bridgehead atoms. The summed E-state index contributed by atoms with van der Waals surface area (Å²) in [5, 5.41) is 1.40. The first-order valence-electron chi connectivity index (χ1n) is 4.12. The molecule has 0 aromatic heterocycles. The van der Waals surface area contributed by atoms with E-state index in [1.54, 1.807) is 23.9 Å². The lowest BCUT2D eigenvalue weighted by Crippen LogP contribution is -2.34. The van der Waals surface area contributed by atoms with Gasteiger partial charge in [0.05, 0.1) is 4.90 Å². The predicted molar refractivity (Wildman–Crippen MR) is 56.7 cm³/mol. The van der Waals surface area contributed by atoms with E-state index in [4.69, 9.17) is 9.79 Å². The number of hydrazine groups is 1. The Morgan fingerprint density at radius 2 is 1.69 bits per heavy atom. The van der Waals surface area contributed by atoms with Crippen molar-refractivity contribution < 1.29 is 22.8 Å². The summed E-state index contributed by atoms with van der Waals surface area (Å²) in [7, 11) is -8.60. The van der Waals surface area contributed by atoms with Gasteiger partial charge in [0.15, 0.2) is 0 Å². The fraction of sp³-hybridized carbons (Fsp3) is 0.143. The van der Waals surface area contributed by atoms with E-state index < -0.39 is 17.8 Å². The third-order valence-electron chi connectivity index (χ3n) is 1.66. The topological polar surface area (TPSA) is 116 Å². The van der Waals surface area contributed by atoms with Crippen molar-refractivity contribution in [1.29, 1.82) is 0 Å². The van der Waals surface area contributed by atoms with E-state index in [-0.39, 0.29) is 4.90 Å². The van der Waals surface area contributed by atoms with Crippen molar-refractivity contribution in [1.82, 2.24) is 10.0 Å². The smallest absolute Gasteiger partial charge is 0.312 e. The van der Waals surface area contributed by atoms with Crippen LogP contribution in [0.3, 0.4) is 0 Å². The van der Waals surface area contributed by atoms with Crippen LogP contribution in [0, 0.1) is 6.92 Å². The minimum Gasteiger partial charge on any atom is -0.312 e. The molecule has 0 aliphatic rings. The van der Waals surface area contributed by atoms with Crippen molar-refractivity contribution in [2.45, 2.75) is 11.8 Å². The molecule has 0 radical (unpaired) electrons. The highest BCUT2D eigenvalue weighted by molar-refractivity contribution is 7.89. The molecule has 4 N–H and O–H groups in total. The number of aryl methyl sites for hydroxylation is 1. The van der Waals surface area contributed by atoms with Crippen molar-refractivity contribution in [3.8, 4) is 0 Å². The van der Waals surface area contributed by atoms with Gasteiger partial charge in [-0.15, -0.1) is 10.0 Å². The molecule has 0 heterocycles. The summed E-state index contributed by atoms with van der Waals surface area (Å²) in [5.74, 6) is 0. The Morgan fingerprint density at radius 1 is 1.19 bits per heavy atom. The molecule has 0 aliphatic heterocycles. The molecule has 0 fully saturated rings. The summed E-state index contributed by atoms with van der Waals surface area (Å²) in [6, 6.07) is 5.82. The van der Waals surface area contributed by atoms with Crippen molar-refractivity contribution in [2.75, 3.05) is 0 Å². The second-order valence-electron chi connectivity index (χ2n) is 3.07. The molecule has 0 amide bonds. The van der Waals surface area contributed by atoms with Crippen molar-refractivity contribution >= 4 is 17.8 Å². The molecule has 9 heteroatoms. The van der Waals surface area contributed by atoms with Gasteiger partial charge < -0.3 is 9.79 Å². The molecule has 1 aromatic rings. The Hall–Kier alpha value is -0.760. The second kappa shape index (κ2) is 4.62. The number of rotatable bonds is 4. The molecular weight excluding hydrogens is 255 g/mol. The summed E-state index contributed by atoms with van der Waals surface area (Å²) in [5.41, 5.74) is 0.877. The highest BCUT2D eigenvalue weighted by atomic mass is 32.2. The van der Waals surface area contributed by atoms with Crippen molar-refractivity contribution in [2.24, 2.45) is 0 Å². The maximum Gasteiger partial charge on any atom is 0.414 e. The molecule has 0 aliphatic carbocycles. The number of sulfonamides is 1. The largest absolute Gasteiger partial charge is 0.414 e. The van der Waals surface area contributed by atoms with E-state index in [1.165, 1.54) is 17.3 Å². The lowest BCUT2D eigenvalue weighted by atomic mass is 10.2. The Balaban J connectivity index is 2.87. The van der Waals surface area contributed by atoms with Crippen LogP contribution >= 0.6 is 7.75 Å². The minimum atomic E-state index is -4.63. The average Bonchev–Trinajstić information content (AvgIpc) is 2.15. The Bertz CT molecular complexity index is 506. The average molecular weight is 266 g/mol. The van der Waals surface area contributed by atoms with Gasteiger partial charge in [0, 0.05) is 0 Å². The molecule has 1 aromatic carbocycles. The standard InChI is InChI=1S/C7H11N2O5PS/c1-6-2-4-7(5-3-6)16(13,14)9-8-15(10,11)12/h2-5,9H,1H3,(H3,8,10,11,12). The normalized spacial score (nSPS) is 12.7. The summed E-state index contributed by atoms with van der Waals surface area (Å²) < 4.78 is 33.4. The fourth-order valence-electron chi connectivity index (χ4n) is 0.896. The van der Waals surface area contributed by atoms with Gasteiger partial charge in [0.25, 0.3) is 10.0 Å². The zero-order valence-electron chi connectivity index (χ0n) is 8.28. The van der Waals surface area contributed by atoms with Gasteiger partial charge >= 0.3 is 7.75 Å². The van der Waals surface area contributed by atoms with E-state index in [0.717, 1.165) is 5.56 Å². The first kappa shape index (κ1) is 13.3. The molecule has 0 saturated heterocycles. The van der Waals surface area contributed by atoms with Gasteiger partial charge in [-0.05, 0) is 19.1 Å². The van der Waals surface area contributed by atoms with Crippen LogP contribution in [0.1, 0.15) is 5.56 Å². The first-order valence-corrected chi connectivity index (χ1v) is 7.21. The predicted octanol–water partition coefficient (Wildman–Crippen LogP) is -0.129. The van der Waals surface area contributed by atoms with Crippen molar-refractivity contribution in [3.05, 3.63) is 29.8 Å². The lowest BCUT2D eigenvalue weighted by Gasteiger charge is -2.09. The molecule has 0 atom stereocenters. The van der Waals surface area contributed by atoms with Crippen LogP contribution in [0.4, 0.5) is 0 Å². The highest BCUT2D eigenvalue weighted by Gasteiger charge is 2.19. The van der Waals surface area contributed by atoms with Gasteiger partial charge in [0.1, 0.15) is 0 Å². The van der Waals surface area contributed by atoms with Gasteiger partial charge in [-0.25, -0.2) is 13.0 Å². The maximum absolute atomic E-state index is 11.5. The molecular formula is C7H11N2O5PS. The third kappa shape index (κ3) is 4.01. The van der Waals surface area contributed by atoms with Gasteiger partial charge in [-0.1, -0.05) is 17.7 Å². The second-order valence-corrected chi connectivity index (χ2v) is 6.07. The summed E-state index contributed by atoms with van der Waals surface area (Å²) >= 11 is 0. The fourth-order valence-corrected chi connectivity index (χ4v) is 2.46. The van der Waals surface area contributed by atoms with Gasteiger partial charge in [0.2, 0.25) is 0 Å². The Labute approximate surface area is 92.7 Å². The van der Waals surface area contributed by atoms with E-state index in [1.807, 2.05) is 0 Å². The molecule has 1 rings (SSSR count). The quantitative estimate of drug-likeness (QED) is 0.445. The highest BCUT2D eigenvalue weighted by Crippen LogP contribution is 2.26. The van der Waals surface area contributed by atoms with Crippen LogP contribution in [0.25, 0.3) is 0 Å². The number of hydrogen-bond donors (Lipinski definition) is 4. The third-order valence-corrected chi connectivity index (χ3v) is 3.47. The van der Waals surface area contributed by atoms with Crippen LogP contribution in [0.2, 0.25) is 0 Å². The summed E-state index contributed by atoms with van der Waals surface area (Å²) in [6.45, 7) is 1.79. The van der Waals surface area contributed by atoms with Crippen LogP contribution in [0.5, 0.6) is 0 Å². The van der Waals surface area contributed by atoms with Crippen LogP contribution in [-0.4, -0.2) is 18.2 Å². The maximum atomic E-state index is 11.5. The zero-order chi connectivity index (χ0) is 12.4. The monoisotopic (exact) mass is 266 g/mol. The minimum absolute atomic E-state index is 0.0842. The zero-order valence-corrected chi connectivity index (χ0v) is 9.99. The Kier molecular flexibility index (Phi) is 3.84. The SMILES string of the molecule is Cc1ccc(S(=O)(=O)NNP(=O)(O)O)cc1. The molecule has 90 valence electrons. The number of nitrogens with one attached hydrogen (secondary N) is 2. The van der Waals surface area contributed by atoms with Crippen LogP contribution in [-0.2, 0) is 14.6 Å². The van der Waals surface area contributed by atoms with Crippen molar-refractivity contribution in [3.63, 3.8) is 0 Å². The molecule has 16 heavy (non-hydrogen) atoms. The Morgan fingerprint density at radius 3 is 2.12 bits per heavy atom. The van der Waals surface area contributed by atoms with Gasteiger partial charge in [-0.3, -0.25) is 0 Å². The lowest BCUT2D eigenvalue weighted by molar-refractivity contribution is 0.353. The molecule has 7 nitrogen and oxygen atoms in total. The molecule has 0 unspecified atom stereocenters. The van der Waals surface area contributed by atoms with E-state index in [9.17, 15) is 13.0 Å². The number of benzene rings is 1. The number of hydrogen-bond acceptors (Lipinski definition) is 3.